The van der Waals surface area contributed by atoms with Crippen molar-refractivity contribution >= 4 is 0 Å². The molecular formula is C11H22N2. The standard InChI is InChI=1S/C11H22N2/c1-10(2)12-11(3)9-13-7-5-4-6-8-13/h10,12H,3-9H2,1-2H3. The fourth-order valence-electron chi connectivity index (χ4n) is 1.84. The van der Waals surface area contributed by atoms with Crippen molar-refractivity contribution in [2.45, 2.75) is 39.2 Å². The van der Waals surface area contributed by atoms with Gasteiger partial charge in [0.1, 0.15) is 0 Å². The van der Waals surface area contributed by atoms with Gasteiger partial charge in [-0.1, -0.05) is 13.0 Å². The van der Waals surface area contributed by atoms with Gasteiger partial charge in [0.25, 0.3) is 0 Å². The van der Waals surface area contributed by atoms with Crippen molar-refractivity contribution in [1.82, 2.24) is 10.2 Å². The zero-order valence-electron chi connectivity index (χ0n) is 8.97. The Morgan fingerprint density at radius 1 is 1.31 bits per heavy atom. The predicted molar refractivity (Wildman–Crippen MR) is 57.7 cm³/mol. The van der Waals surface area contributed by atoms with Crippen LogP contribution in [0.3, 0.4) is 0 Å². The van der Waals surface area contributed by atoms with Gasteiger partial charge in [0.15, 0.2) is 0 Å². The molecule has 0 bridgehead atoms. The Hall–Kier alpha value is -0.500. The maximum atomic E-state index is 4.04. The summed E-state index contributed by atoms with van der Waals surface area (Å²) in [6.07, 6.45) is 4.12. The lowest BCUT2D eigenvalue weighted by Crippen LogP contribution is -2.35. The Bertz CT molecular complexity index is 157. The topological polar surface area (TPSA) is 15.3 Å². The lowest BCUT2D eigenvalue weighted by Gasteiger charge is -2.28. The van der Waals surface area contributed by atoms with Crippen LogP contribution in [0.4, 0.5) is 0 Å². The van der Waals surface area contributed by atoms with Crippen LogP contribution in [0.15, 0.2) is 12.3 Å². The van der Waals surface area contributed by atoms with Crippen LogP contribution in [0.1, 0.15) is 33.1 Å². The second kappa shape index (κ2) is 5.28. The van der Waals surface area contributed by atoms with Crippen molar-refractivity contribution in [3.05, 3.63) is 12.3 Å². The molecule has 0 spiro atoms. The van der Waals surface area contributed by atoms with Crippen LogP contribution in [-0.4, -0.2) is 30.6 Å². The fraction of sp³-hybridized carbons (Fsp3) is 0.818. The summed E-state index contributed by atoms with van der Waals surface area (Å²) < 4.78 is 0. The first-order chi connectivity index (χ1) is 6.18. The van der Waals surface area contributed by atoms with E-state index in [1.165, 1.54) is 32.4 Å². The third kappa shape index (κ3) is 4.32. The Morgan fingerprint density at radius 2 is 1.92 bits per heavy atom. The molecule has 0 aromatic heterocycles. The van der Waals surface area contributed by atoms with Crippen LogP contribution in [-0.2, 0) is 0 Å². The average Bonchev–Trinajstić information content (AvgIpc) is 2.04. The highest BCUT2D eigenvalue weighted by atomic mass is 15.1. The summed E-state index contributed by atoms with van der Waals surface area (Å²) >= 11 is 0. The molecule has 1 aliphatic heterocycles. The SMILES string of the molecule is C=C(CN1CCCCC1)NC(C)C. The fourth-order valence-corrected chi connectivity index (χ4v) is 1.84. The predicted octanol–water partition coefficient (Wildman–Crippen LogP) is 1.98. The molecule has 0 saturated carbocycles. The zero-order chi connectivity index (χ0) is 9.68. The van der Waals surface area contributed by atoms with Gasteiger partial charge in [0.2, 0.25) is 0 Å². The maximum absolute atomic E-state index is 4.04. The molecule has 0 unspecified atom stereocenters. The van der Waals surface area contributed by atoms with Gasteiger partial charge in [-0.3, -0.25) is 4.90 Å². The van der Waals surface area contributed by atoms with Crippen LogP contribution in [0.25, 0.3) is 0 Å². The lowest BCUT2D eigenvalue weighted by molar-refractivity contribution is 0.242. The van der Waals surface area contributed by atoms with Crippen molar-refractivity contribution in [3.63, 3.8) is 0 Å². The minimum absolute atomic E-state index is 0.511. The second-order valence-electron chi connectivity index (χ2n) is 4.24. The summed E-state index contributed by atoms with van der Waals surface area (Å²) in [7, 11) is 0. The van der Waals surface area contributed by atoms with Crippen LogP contribution in [0.5, 0.6) is 0 Å². The van der Waals surface area contributed by atoms with Crippen molar-refractivity contribution in [3.8, 4) is 0 Å². The van der Waals surface area contributed by atoms with E-state index < -0.39 is 0 Å². The van der Waals surface area contributed by atoms with Crippen LogP contribution < -0.4 is 5.32 Å². The van der Waals surface area contributed by atoms with Gasteiger partial charge in [0.05, 0.1) is 0 Å². The molecule has 76 valence electrons. The van der Waals surface area contributed by atoms with Gasteiger partial charge in [-0.2, -0.15) is 0 Å². The molecule has 0 aromatic carbocycles. The van der Waals surface area contributed by atoms with E-state index in [2.05, 4.69) is 30.6 Å². The van der Waals surface area contributed by atoms with E-state index in [9.17, 15) is 0 Å². The maximum Gasteiger partial charge on any atom is 0.0375 e. The Kier molecular flexibility index (Phi) is 4.29. The Morgan fingerprint density at radius 3 is 2.46 bits per heavy atom. The number of piperidine rings is 1. The number of likely N-dealkylation sites (tertiary alicyclic amines) is 1. The summed E-state index contributed by atoms with van der Waals surface area (Å²) in [6, 6.07) is 0.511. The Labute approximate surface area is 82.0 Å². The van der Waals surface area contributed by atoms with E-state index in [1.807, 2.05) is 0 Å². The molecule has 1 rings (SSSR count). The van der Waals surface area contributed by atoms with E-state index in [0.29, 0.717) is 6.04 Å². The Balaban J connectivity index is 2.18. The molecule has 1 heterocycles. The van der Waals surface area contributed by atoms with Crippen molar-refractivity contribution in [2.24, 2.45) is 0 Å². The highest BCUT2D eigenvalue weighted by Crippen LogP contribution is 2.09. The lowest BCUT2D eigenvalue weighted by atomic mass is 10.1. The summed E-state index contributed by atoms with van der Waals surface area (Å²) in [4.78, 5) is 2.49. The van der Waals surface area contributed by atoms with Crippen LogP contribution in [0, 0.1) is 0 Å². The smallest absolute Gasteiger partial charge is 0.0375 e. The van der Waals surface area contributed by atoms with E-state index in [1.54, 1.807) is 0 Å². The van der Waals surface area contributed by atoms with Gasteiger partial charge in [-0.15, -0.1) is 0 Å². The van der Waals surface area contributed by atoms with E-state index >= 15 is 0 Å². The van der Waals surface area contributed by atoms with Crippen molar-refractivity contribution in [2.75, 3.05) is 19.6 Å². The monoisotopic (exact) mass is 182 g/mol. The molecule has 2 heteroatoms. The number of nitrogens with zero attached hydrogens (tertiary/aromatic N) is 1. The summed E-state index contributed by atoms with van der Waals surface area (Å²) in [5.74, 6) is 0. The van der Waals surface area contributed by atoms with Gasteiger partial charge in [-0.25, -0.2) is 0 Å². The highest BCUT2D eigenvalue weighted by molar-refractivity contribution is 4.96. The third-order valence-electron chi connectivity index (χ3n) is 2.36. The molecule has 0 radical (unpaired) electrons. The average molecular weight is 182 g/mol. The molecule has 13 heavy (non-hydrogen) atoms. The van der Waals surface area contributed by atoms with Gasteiger partial charge < -0.3 is 5.32 Å². The normalized spacial score (nSPS) is 19.0. The first-order valence-electron chi connectivity index (χ1n) is 5.35. The summed E-state index contributed by atoms with van der Waals surface area (Å²) in [6.45, 7) is 11.9. The molecule has 0 aromatic rings. The first kappa shape index (κ1) is 10.6. The number of hydrogen-bond acceptors (Lipinski definition) is 2. The summed E-state index contributed by atoms with van der Waals surface area (Å²) in [5, 5.41) is 3.35. The molecule has 0 aliphatic carbocycles. The van der Waals surface area contributed by atoms with Crippen LogP contribution in [0.2, 0.25) is 0 Å². The zero-order valence-corrected chi connectivity index (χ0v) is 8.97. The van der Waals surface area contributed by atoms with Crippen LogP contribution >= 0.6 is 0 Å². The van der Waals surface area contributed by atoms with E-state index in [-0.39, 0.29) is 0 Å². The van der Waals surface area contributed by atoms with Gasteiger partial charge >= 0.3 is 0 Å². The van der Waals surface area contributed by atoms with Crippen molar-refractivity contribution < 1.29 is 0 Å². The molecule has 1 fully saturated rings. The minimum atomic E-state index is 0.511. The van der Waals surface area contributed by atoms with E-state index in [0.717, 1.165) is 12.2 Å². The molecule has 2 nitrogen and oxygen atoms in total. The molecule has 0 amide bonds. The molecule has 1 N–H and O–H groups in total. The molecule has 1 aliphatic rings. The van der Waals surface area contributed by atoms with E-state index in [4.69, 9.17) is 0 Å². The molecular weight excluding hydrogens is 160 g/mol. The second-order valence-corrected chi connectivity index (χ2v) is 4.24. The largest absolute Gasteiger partial charge is 0.386 e. The number of hydrogen-bond donors (Lipinski definition) is 1. The minimum Gasteiger partial charge on any atom is -0.386 e. The summed E-state index contributed by atoms with van der Waals surface area (Å²) in [5.41, 5.74) is 1.16. The van der Waals surface area contributed by atoms with Crippen molar-refractivity contribution in [1.29, 1.82) is 0 Å². The quantitative estimate of drug-likeness (QED) is 0.715. The number of rotatable bonds is 4. The molecule has 0 atom stereocenters. The molecule has 1 saturated heterocycles. The highest BCUT2D eigenvalue weighted by Gasteiger charge is 2.10. The van der Waals surface area contributed by atoms with Gasteiger partial charge in [-0.05, 0) is 39.8 Å². The third-order valence-corrected chi connectivity index (χ3v) is 2.36. The number of nitrogens with one attached hydrogen (secondary N) is 1. The van der Waals surface area contributed by atoms with Gasteiger partial charge in [0, 0.05) is 18.3 Å². The first-order valence-corrected chi connectivity index (χ1v) is 5.35.